The van der Waals surface area contributed by atoms with Crippen molar-refractivity contribution in [3.05, 3.63) is 48.0 Å². The lowest BCUT2D eigenvalue weighted by atomic mass is 10.0. The van der Waals surface area contributed by atoms with E-state index in [-0.39, 0.29) is 0 Å². The van der Waals surface area contributed by atoms with Gasteiger partial charge >= 0.3 is 0 Å². The summed E-state index contributed by atoms with van der Waals surface area (Å²) in [5, 5.41) is 2.72. The van der Waals surface area contributed by atoms with Gasteiger partial charge in [0, 0.05) is 19.6 Å². The Morgan fingerprint density at radius 3 is 2.90 bits per heavy atom. The molecule has 0 bridgehead atoms. The Balaban J connectivity index is 1.76. The fraction of sp³-hybridized carbons (Fsp3) is 0.444. The van der Waals surface area contributed by atoms with E-state index in [1.165, 1.54) is 29.2 Å². The van der Waals surface area contributed by atoms with Crippen molar-refractivity contribution in [1.29, 1.82) is 0 Å². The van der Waals surface area contributed by atoms with Crippen molar-refractivity contribution in [3.8, 4) is 0 Å². The predicted molar refractivity (Wildman–Crippen MR) is 83.9 cm³/mol. The van der Waals surface area contributed by atoms with E-state index >= 15 is 0 Å². The van der Waals surface area contributed by atoms with Crippen molar-refractivity contribution in [2.45, 2.75) is 32.4 Å². The van der Waals surface area contributed by atoms with Crippen molar-refractivity contribution < 1.29 is 4.74 Å². The Hall–Kier alpha value is -1.38. The summed E-state index contributed by atoms with van der Waals surface area (Å²) in [6, 6.07) is 15.3. The van der Waals surface area contributed by atoms with E-state index in [9.17, 15) is 0 Å². The van der Waals surface area contributed by atoms with Crippen LogP contribution >= 0.6 is 0 Å². The Morgan fingerprint density at radius 1 is 1.15 bits per heavy atom. The summed E-state index contributed by atoms with van der Waals surface area (Å²) in [4.78, 5) is 2.53. The number of fused-ring (bicyclic) bond motifs is 1. The second kappa shape index (κ2) is 6.38. The molecule has 1 fully saturated rings. The highest BCUT2D eigenvalue weighted by Crippen LogP contribution is 2.21. The first-order chi connectivity index (χ1) is 9.86. The van der Waals surface area contributed by atoms with E-state index in [2.05, 4.69) is 54.3 Å². The third kappa shape index (κ3) is 3.02. The van der Waals surface area contributed by atoms with Gasteiger partial charge in [-0.05, 0) is 22.8 Å². The van der Waals surface area contributed by atoms with Crippen molar-refractivity contribution in [2.75, 3.05) is 19.7 Å². The standard InChI is InChI=1S/C18H23NO/c1-2-6-17-14-19(11-12-20-17)13-16-9-5-8-15-7-3-4-10-18(15)16/h3-5,7-10,17H,2,6,11-14H2,1H3. The number of hydrogen-bond acceptors (Lipinski definition) is 2. The van der Waals surface area contributed by atoms with Crippen molar-refractivity contribution >= 4 is 10.8 Å². The molecule has 2 nitrogen and oxygen atoms in total. The summed E-state index contributed by atoms with van der Waals surface area (Å²) in [6.45, 7) is 6.24. The molecule has 1 aliphatic rings. The monoisotopic (exact) mass is 269 g/mol. The van der Waals surface area contributed by atoms with Crippen LogP contribution in [0.25, 0.3) is 10.8 Å². The molecule has 2 heteroatoms. The molecule has 1 aliphatic heterocycles. The van der Waals surface area contributed by atoms with Gasteiger partial charge in [-0.1, -0.05) is 55.8 Å². The zero-order valence-corrected chi connectivity index (χ0v) is 12.2. The molecule has 2 aromatic rings. The Labute approximate surface area is 121 Å². The van der Waals surface area contributed by atoms with Crippen LogP contribution in [-0.2, 0) is 11.3 Å². The van der Waals surface area contributed by atoms with Crippen molar-refractivity contribution in [2.24, 2.45) is 0 Å². The Kier molecular flexibility index (Phi) is 4.34. The van der Waals surface area contributed by atoms with E-state index in [4.69, 9.17) is 4.74 Å². The van der Waals surface area contributed by atoms with Crippen LogP contribution in [0.3, 0.4) is 0 Å². The third-order valence-electron chi connectivity index (χ3n) is 4.11. The number of benzene rings is 2. The molecule has 2 aromatic carbocycles. The van der Waals surface area contributed by atoms with Gasteiger partial charge in [-0.15, -0.1) is 0 Å². The largest absolute Gasteiger partial charge is 0.376 e. The second-order valence-electron chi connectivity index (χ2n) is 5.65. The molecule has 0 aromatic heterocycles. The summed E-state index contributed by atoms with van der Waals surface area (Å²) in [6.07, 6.45) is 2.79. The van der Waals surface area contributed by atoms with Crippen LogP contribution < -0.4 is 0 Å². The van der Waals surface area contributed by atoms with Gasteiger partial charge in [0.25, 0.3) is 0 Å². The third-order valence-corrected chi connectivity index (χ3v) is 4.11. The van der Waals surface area contributed by atoms with E-state index in [1.54, 1.807) is 0 Å². The Morgan fingerprint density at radius 2 is 2.00 bits per heavy atom. The molecular formula is C18H23NO. The lowest BCUT2D eigenvalue weighted by molar-refractivity contribution is -0.0348. The van der Waals surface area contributed by atoms with E-state index in [1.807, 2.05) is 0 Å². The van der Waals surface area contributed by atoms with Gasteiger partial charge in [-0.2, -0.15) is 0 Å². The predicted octanol–water partition coefficient (Wildman–Crippen LogP) is 3.84. The molecule has 0 amide bonds. The maximum atomic E-state index is 5.83. The fourth-order valence-corrected chi connectivity index (χ4v) is 3.09. The van der Waals surface area contributed by atoms with Crippen LogP contribution in [0.2, 0.25) is 0 Å². The molecule has 1 saturated heterocycles. The lowest BCUT2D eigenvalue weighted by Gasteiger charge is -2.33. The summed E-state index contributed by atoms with van der Waals surface area (Å²) in [7, 11) is 0. The molecule has 1 atom stereocenters. The average molecular weight is 269 g/mol. The molecular weight excluding hydrogens is 246 g/mol. The quantitative estimate of drug-likeness (QED) is 0.836. The normalized spacial score (nSPS) is 20.4. The zero-order chi connectivity index (χ0) is 13.8. The first kappa shape index (κ1) is 13.6. The molecule has 1 unspecified atom stereocenters. The summed E-state index contributed by atoms with van der Waals surface area (Å²) in [5.74, 6) is 0. The van der Waals surface area contributed by atoms with Gasteiger partial charge in [0.15, 0.2) is 0 Å². The van der Waals surface area contributed by atoms with Crippen LogP contribution in [0, 0.1) is 0 Å². The number of morpholine rings is 1. The molecule has 0 saturated carbocycles. The van der Waals surface area contributed by atoms with Crippen LogP contribution in [0.1, 0.15) is 25.3 Å². The molecule has 0 spiro atoms. The van der Waals surface area contributed by atoms with Crippen LogP contribution in [0.4, 0.5) is 0 Å². The number of ether oxygens (including phenoxy) is 1. The maximum Gasteiger partial charge on any atom is 0.0702 e. The number of nitrogens with zero attached hydrogens (tertiary/aromatic N) is 1. The Bertz CT molecular complexity index is 559. The van der Waals surface area contributed by atoms with Crippen molar-refractivity contribution in [1.82, 2.24) is 4.90 Å². The number of hydrogen-bond donors (Lipinski definition) is 0. The van der Waals surface area contributed by atoms with E-state index < -0.39 is 0 Å². The lowest BCUT2D eigenvalue weighted by Crippen LogP contribution is -2.41. The molecule has 1 heterocycles. The van der Waals surface area contributed by atoms with Crippen molar-refractivity contribution in [3.63, 3.8) is 0 Å². The average Bonchev–Trinajstić information content (AvgIpc) is 2.48. The van der Waals surface area contributed by atoms with Gasteiger partial charge < -0.3 is 4.74 Å². The van der Waals surface area contributed by atoms with Gasteiger partial charge in [0.2, 0.25) is 0 Å². The fourth-order valence-electron chi connectivity index (χ4n) is 3.09. The van der Waals surface area contributed by atoms with Crippen LogP contribution in [0.5, 0.6) is 0 Å². The minimum Gasteiger partial charge on any atom is -0.376 e. The minimum absolute atomic E-state index is 0.420. The van der Waals surface area contributed by atoms with Gasteiger partial charge in [0.05, 0.1) is 12.7 Å². The van der Waals surface area contributed by atoms with E-state index in [0.29, 0.717) is 6.10 Å². The SMILES string of the molecule is CCCC1CN(Cc2cccc3ccccc23)CCO1. The molecule has 20 heavy (non-hydrogen) atoms. The minimum atomic E-state index is 0.420. The van der Waals surface area contributed by atoms with Gasteiger partial charge in [-0.25, -0.2) is 0 Å². The van der Waals surface area contributed by atoms with Crippen LogP contribution in [-0.4, -0.2) is 30.7 Å². The highest BCUT2D eigenvalue weighted by Gasteiger charge is 2.20. The van der Waals surface area contributed by atoms with E-state index in [0.717, 1.165) is 26.2 Å². The summed E-state index contributed by atoms with van der Waals surface area (Å²) >= 11 is 0. The first-order valence-corrected chi connectivity index (χ1v) is 7.67. The highest BCUT2D eigenvalue weighted by molar-refractivity contribution is 5.85. The maximum absolute atomic E-state index is 5.83. The first-order valence-electron chi connectivity index (χ1n) is 7.67. The van der Waals surface area contributed by atoms with Gasteiger partial charge in [0.1, 0.15) is 0 Å². The molecule has 106 valence electrons. The van der Waals surface area contributed by atoms with Crippen LogP contribution in [0.15, 0.2) is 42.5 Å². The van der Waals surface area contributed by atoms with Gasteiger partial charge in [-0.3, -0.25) is 4.90 Å². The molecule has 0 aliphatic carbocycles. The molecule has 0 radical (unpaired) electrons. The summed E-state index contributed by atoms with van der Waals surface area (Å²) < 4.78 is 5.83. The highest BCUT2D eigenvalue weighted by atomic mass is 16.5. The smallest absolute Gasteiger partial charge is 0.0702 e. The summed E-state index contributed by atoms with van der Waals surface area (Å²) in [5.41, 5.74) is 1.43. The second-order valence-corrected chi connectivity index (χ2v) is 5.65. The molecule has 0 N–H and O–H groups in total. The molecule has 3 rings (SSSR count). The number of rotatable bonds is 4. The zero-order valence-electron chi connectivity index (χ0n) is 12.2. The topological polar surface area (TPSA) is 12.5 Å².